The van der Waals surface area contributed by atoms with E-state index in [-0.39, 0.29) is 23.7 Å². The van der Waals surface area contributed by atoms with Crippen molar-refractivity contribution >= 4 is 23.4 Å². The normalized spacial score (nSPS) is 21.0. The molecule has 1 aliphatic heterocycles. The molecular weight excluding hydrogens is 343 g/mol. The Morgan fingerprint density at radius 1 is 0.714 bits per heavy atom. The summed E-state index contributed by atoms with van der Waals surface area (Å²) in [6, 6.07) is 19.9. The predicted octanol–water partition coefficient (Wildman–Crippen LogP) is 5.45. The van der Waals surface area contributed by atoms with E-state index < -0.39 is 0 Å². The van der Waals surface area contributed by atoms with E-state index in [4.69, 9.17) is 9.31 Å². The molecule has 3 heteroatoms. The summed E-state index contributed by atoms with van der Waals surface area (Å²) < 4.78 is 12.6. The molecule has 3 aromatic carbocycles. The van der Waals surface area contributed by atoms with Crippen molar-refractivity contribution in [3.05, 3.63) is 65.7 Å². The third-order valence-corrected chi connectivity index (χ3v) is 7.09. The first-order valence-electron chi connectivity index (χ1n) is 10.1. The average Bonchev–Trinajstić information content (AvgIpc) is 3.01. The molecule has 1 heterocycles. The Bertz CT molecular complexity index is 1090. The highest BCUT2D eigenvalue weighted by Gasteiger charge is 2.52. The van der Waals surface area contributed by atoms with E-state index >= 15 is 0 Å². The third-order valence-electron chi connectivity index (χ3n) is 7.09. The zero-order valence-corrected chi connectivity index (χ0v) is 17.6. The first-order valence-corrected chi connectivity index (χ1v) is 10.1. The van der Waals surface area contributed by atoms with Crippen molar-refractivity contribution in [2.75, 3.05) is 0 Å². The minimum atomic E-state index is -0.331. The standard InChI is InChI=1S/C25H27BO2/c1-23(2)21-14-12-17(26-27-24(3,4)25(5,6)28-26)15-20(21)19-13-11-16-9-7-8-10-18(16)22(19)23/h7-15H,1-6H3. The summed E-state index contributed by atoms with van der Waals surface area (Å²) in [5.74, 6) is 0. The molecule has 142 valence electrons. The van der Waals surface area contributed by atoms with E-state index in [0.29, 0.717) is 0 Å². The van der Waals surface area contributed by atoms with Crippen LogP contribution in [0.15, 0.2) is 54.6 Å². The molecule has 1 saturated heterocycles. The van der Waals surface area contributed by atoms with Crippen molar-refractivity contribution in [2.24, 2.45) is 0 Å². The van der Waals surface area contributed by atoms with E-state index in [2.05, 4.69) is 96.1 Å². The van der Waals surface area contributed by atoms with Crippen LogP contribution in [0.2, 0.25) is 0 Å². The second kappa shape index (κ2) is 5.49. The Hall–Kier alpha value is -2.10. The fourth-order valence-corrected chi connectivity index (χ4v) is 4.76. The van der Waals surface area contributed by atoms with Crippen molar-refractivity contribution < 1.29 is 9.31 Å². The lowest BCUT2D eigenvalue weighted by Crippen LogP contribution is -2.41. The fraction of sp³-hybridized carbons (Fsp3) is 0.360. The van der Waals surface area contributed by atoms with Crippen molar-refractivity contribution in [1.29, 1.82) is 0 Å². The Kier molecular flexibility index (Phi) is 3.52. The van der Waals surface area contributed by atoms with Crippen LogP contribution in [0.1, 0.15) is 52.7 Å². The van der Waals surface area contributed by atoms with Gasteiger partial charge in [0.2, 0.25) is 0 Å². The van der Waals surface area contributed by atoms with E-state index in [0.717, 1.165) is 5.46 Å². The smallest absolute Gasteiger partial charge is 0.399 e. The molecule has 0 unspecified atom stereocenters. The summed E-state index contributed by atoms with van der Waals surface area (Å²) in [6.45, 7) is 13.1. The summed E-state index contributed by atoms with van der Waals surface area (Å²) in [7, 11) is -0.331. The molecule has 2 nitrogen and oxygen atoms in total. The molecule has 28 heavy (non-hydrogen) atoms. The van der Waals surface area contributed by atoms with Crippen LogP contribution >= 0.6 is 0 Å². The highest BCUT2D eigenvalue weighted by Crippen LogP contribution is 2.51. The van der Waals surface area contributed by atoms with Crippen LogP contribution in [-0.2, 0) is 14.7 Å². The van der Waals surface area contributed by atoms with Gasteiger partial charge in [0.05, 0.1) is 11.2 Å². The van der Waals surface area contributed by atoms with Crippen molar-refractivity contribution in [2.45, 2.75) is 58.2 Å². The molecule has 1 aliphatic carbocycles. The van der Waals surface area contributed by atoms with Gasteiger partial charge in [-0.3, -0.25) is 0 Å². The third kappa shape index (κ3) is 2.30. The van der Waals surface area contributed by atoms with Crippen LogP contribution in [0.5, 0.6) is 0 Å². The van der Waals surface area contributed by atoms with Crippen LogP contribution in [0.4, 0.5) is 0 Å². The van der Waals surface area contributed by atoms with Crippen LogP contribution in [0.25, 0.3) is 21.9 Å². The van der Waals surface area contributed by atoms with Gasteiger partial charge in [-0.05, 0) is 66.2 Å². The highest BCUT2D eigenvalue weighted by atomic mass is 16.7. The lowest BCUT2D eigenvalue weighted by molar-refractivity contribution is 0.00578. The molecule has 0 aromatic heterocycles. The number of fused-ring (bicyclic) bond motifs is 5. The Morgan fingerprint density at radius 2 is 1.39 bits per heavy atom. The minimum Gasteiger partial charge on any atom is -0.399 e. The monoisotopic (exact) mass is 370 g/mol. The van der Waals surface area contributed by atoms with Crippen LogP contribution in [0, 0.1) is 0 Å². The maximum Gasteiger partial charge on any atom is 0.494 e. The largest absolute Gasteiger partial charge is 0.494 e. The summed E-state index contributed by atoms with van der Waals surface area (Å²) in [5, 5.41) is 2.65. The van der Waals surface area contributed by atoms with E-state index in [9.17, 15) is 0 Å². The van der Waals surface area contributed by atoms with Crippen LogP contribution in [-0.4, -0.2) is 18.3 Å². The lowest BCUT2D eigenvalue weighted by atomic mass is 9.76. The van der Waals surface area contributed by atoms with E-state index in [1.807, 2.05) is 0 Å². The van der Waals surface area contributed by atoms with Crippen molar-refractivity contribution in [3.8, 4) is 11.1 Å². The first kappa shape index (κ1) is 18.0. The summed E-state index contributed by atoms with van der Waals surface area (Å²) in [6.07, 6.45) is 0. The van der Waals surface area contributed by atoms with Gasteiger partial charge < -0.3 is 9.31 Å². The van der Waals surface area contributed by atoms with Gasteiger partial charge in [-0.15, -0.1) is 0 Å². The highest BCUT2D eigenvalue weighted by molar-refractivity contribution is 6.62. The SMILES string of the molecule is CC1(C)c2ccc(B3OC(C)(C)C(C)(C)O3)cc2-c2ccc3ccccc3c21. The number of benzene rings is 3. The van der Waals surface area contributed by atoms with Gasteiger partial charge in [0.15, 0.2) is 0 Å². The molecule has 0 bridgehead atoms. The topological polar surface area (TPSA) is 18.5 Å². The molecule has 0 amide bonds. The summed E-state index contributed by atoms with van der Waals surface area (Å²) in [5.41, 5.74) is 5.84. The molecule has 0 saturated carbocycles. The number of hydrogen-bond donors (Lipinski definition) is 0. The molecule has 3 aromatic rings. The van der Waals surface area contributed by atoms with E-state index in [1.54, 1.807) is 0 Å². The predicted molar refractivity (Wildman–Crippen MR) is 117 cm³/mol. The average molecular weight is 370 g/mol. The van der Waals surface area contributed by atoms with Crippen molar-refractivity contribution in [3.63, 3.8) is 0 Å². The molecule has 0 atom stereocenters. The zero-order chi connectivity index (χ0) is 19.9. The summed E-state index contributed by atoms with van der Waals surface area (Å²) in [4.78, 5) is 0. The molecule has 5 rings (SSSR count). The van der Waals surface area contributed by atoms with Crippen molar-refractivity contribution in [1.82, 2.24) is 0 Å². The zero-order valence-electron chi connectivity index (χ0n) is 17.6. The van der Waals surface area contributed by atoms with Gasteiger partial charge in [0.25, 0.3) is 0 Å². The van der Waals surface area contributed by atoms with Gasteiger partial charge in [-0.1, -0.05) is 68.4 Å². The molecule has 2 aliphatic rings. The second-order valence-corrected chi connectivity index (χ2v) is 9.73. The summed E-state index contributed by atoms with van der Waals surface area (Å²) >= 11 is 0. The number of rotatable bonds is 1. The van der Waals surface area contributed by atoms with Gasteiger partial charge in [-0.2, -0.15) is 0 Å². The van der Waals surface area contributed by atoms with Gasteiger partial charge in [0, 0.05) is 5.41 Å². The van der Waals surface area contributed by atoms with E-state index in [1.165, 1.54) is 33.0 Å². The maximum atomic E-state index is 6.30. The quantitative estimate of drug-likeness (QED) is 0.531. The molecule has 0 N–H and O–H groups in total. The Labute approximate surface area is 168 Å². The minimum absolute atomic E-state index is 0.0278. The second-order valence-electron chi connectivity index (χ2n) is 9.73. The first-order chi connectivity index (χ1) is 13.1. The van der Waals surface area contributed by atoms with Gasteiger partial charge >= 0.3 is 7.12 Å². The molecular formula is C25H27BO2. The van der Waals surface area contributed by atoms with Gasteiger partial charge in [-0.25, -0.2) is 0 Å². The van der Waals surface area contributed by atoms with Crippen LogP contribution < -0.4 is 5.46 Å². The van der Waals surface area contributed by atoms with Crippen LogP contribution in [0.3, 0.4) is 0 Å². The van der Waals surface area contributed by atoms with Gasteiger partial charge in [0.1, 0.15) is 0 Å². The fourth-order valence-electron chi connectivity index (χ4n) is 4.76. The number of hydrogen-bond acceptors (Lipinski definition) is 2. The maximum absolute atomic E-state index is 6.30. The molecule has 1 fully saturated rings. The molecule has 0 spiro atoms. The lowest BCUT2D eigenvalue weighted by Gasteiger charge is -2.32. The molecule has 0 radical (unpaired) electrons. The Morgan fingerprint density at radius 3 is 2.11 bits per heavy atom. The Balaban J connectivity index is 1.67.